The summed E-state index contributed by atoms with van der Waals surface area (Å²) in [7, 11) is 0. The third-order valence-electron chi connectivity index (χ3n) is 2.78. The molecule has 1 aromatic heterocycles. The van der Waals surface area contributed by atoms with Crippen molar-refractivity contribution in [2.75, 3.05) is 26.2 Å². The number of H-pyrrole nitrogens is 1. The number of nitriles is 1. The van der Waals surface area contributed by atoms with Gasteiger partial charge in [-0.25, -0.2) is 0 Å². The van der Waals surface area contributed by atoms with Gasteiger partial charge in [-0.05, 0) is 25.1 Å². The van der Waals surface area contributed by atoms with Gasteiger partial charge in [-0.15, -0.1) is 0 Å². The fraction of sp³-hybridized carbons (Fsp3) is 0.545. The largest absolute Gasteiger partial charge is 0.363 e. The minimum absolute atomic E-state index is 0.125. The number of nitrogens with one attached hydrogen (secondary N) is 2. The Bertz CT molecular complexity index is 317. The van der Waals surface area contributed by atoms with Crippen LogP contribution in [-0.4, -0.2) is 36.1 Å². The lowest BCUT2D eigenvalue weighted by Gasteiger charge is -2.24. The van der Waals surface area contributed by atoms with Crippen LogP contribution in [-0.2, 0) is 0 Å². The average Bonchev–Trinajstić information content (AvgIpc) is 2.63. The van der Waals surface area contributed by atoms with Gasteiger partial charge in [0, 0.05) is 31.5 Å². The molecular formula is C11H16N4. The molecule has 0 aliphatic carbocycles. The first kappa shape index (κ1) is 10.2. The van der Waals surface area contributed by atoms with Gasteiger partial charge in [0.2, 0.25) is 0 Å². The molecule has 0 radical (unpaired) electrons. The molecule has 80 valence electrons. The molecule has 1 aliphatic rings. The van der Waals surface area contributed by atoms with Crippen LogP contribution in [0.1, 0.15) is 18.2 Å². The molecule has 2 N–H and O–H groups in total. The van der Waals surface area contributed by atoms with Crippen LogP contribution in [0.4, 0.5) is 0 Å². The summed E-state index contributed by atoms with van der Waals surface area (Å²) in [5, 5.41) is 12.6. The van der Waals surface area contributed by atoms with E-state index in [9.17, 15) is 5.26 Å². The number of hydrogen-bond acceptors (Lipinski definition) is 3. The van der Waals surface area contributed by atoms with Gasteiger partial charge in [-0.3, -0.25) is 4.90 Å². The van der Waals surface area contributed by atoms with E-state index in [0.717, 1.165) is 38.3 Å². The highest BCUT2D eigenvalue weighted by Gasteiger charge is 2.21. The summed E-state index contributed by atoms with van der Waals surface area (Å²) in [6.45, 7) is 3.96. The second-order valence-electron chi connectivity index (χ2n) is 3.80. The predicted octanol–water partition coefficient (Wildman–Crippen LogP) is 0.875. The van der Waals surface area contributed by atoms with Crippen molar-refractivity contribution < 1.29 is 0 Å². The minimum atomic E-state index is -0.125. The summed E-state index contributed by atoms with van der Waals surface area (Å²) in [5.74, 6) is 0. The van der Waals surface area contributed by atoms with Gasteiger partial charge in [0.1, 0.15) is 6.04 Å². The quantitative estimate of drug-likeness (QED) is 0.751. The van der Waals surface area contributed by atoms with Crippen molar-refractivity contribution in [2.45, 2.75) is 12.5 Å². The standard InChI is InChI=1S/C11H16N4/c12-9-11(10-3-1-5-14-10)15-7-2-4-13-6-8-15/h1,3,5,11,13-14H,2,4,6-8H2. The van der Waals surface area contributed by atoms with Gasteiger partial charge in [-0.2, -0.15) is 5.26 Å². The monoisotopic (exact) mass is 204 g/mol. The van der Waals surface area contributed by atoms with Gasteiger partial charge in [-0.1, -0.05) is 0 Å². The van der Waals surface area contributed by atoms with E-state index in [1.165, 1.54) is 0 Å². The van der Waals surface area contributed by atoms with Crippen molar-refractivity contribution in [1.82, 2.24) is 15.2 Å². The highest BCUT2D eigenvalue weighted by atomic mass is 15.2. The number of nitrogens with zero attached hydrogens (tertiary/aromatic N) is 2. The van der Waals surface area contributed by atoms with E-state index < -0.39 is 0 Å². The molecule has 1 saturated heterocycles. The number of aromatic nitrogens is 1. The molecule has 1 unspecified atom stereocenters. The zero-order valence-electron chi connectivity index (χ0n) is 8.74. The lowest BCUT2D eigenvalue weighted by atomic mass is 10.2. The highest BCUT2D eigenvalue weighted by Crippen LogP contribution is 2.18. The SMILES string of the molecule is N#CC(c1ccc[nH]1)N1CCCNCC1. The van der Waals surface area contributed by atoms with Crippen LogP contribution in [0.2, 0.25) is 0 Å². The summed E-state index contributed by atoms with van der Waals surface area (Å²) in [4.78, 5) is 5.35. The maximum atomic E-state index is 9.21. The van der Waals surface area contributed by atoms with Gasteiger partial charge < -0.3 is 10.3 Å². The molecule has 0 aromatic carbocycles. The predicted molar refractivity (Wildman–Crippen MR) is 58.2 cm³/mol. The van der Waals surface area contributed by atoms with Crippen molar-refractivity contribution in [3.8, 4) is 6.07 Å². The maximum Gasteiger partial charge on any atom is 0.138 e. The second-order valence-corrected chi connectivity index (χ2v) is 3.80. The molecule has 4 heteroatoms. The molecule has 0 saturated carbocycles. The van der Waals surface area contributed by atoms with E-state index in [1.807, 2.05) is 18.3 Å². The lowest BCUT2D eigenvalue weighted by molar-refractivity contribution is 0.249. The molecule has 2 heterocycles. The maximum absolute atomic E-state index is 9.21. The molecule has 15 heavy (non-hydrogen) atoms. The van der Waals surface area contributed by atoms with Gasteiger partial charge >= 0.3 is 0 Å². The Balaban J connectivity index is 2.09. The fourth-order valence-electron chi connectivity index (χ4n) is 1.99. The summed E-state index contributed by atoms with van der Waals surface area (Å²) < 4.78 is 0. The zero-order valence-corrected chi connectivity index (χ0v) is 8.74. The van der Waals surface area contributed by atoms with Gasteiger partial charge in [0.15, 0.2) is 0 Å². The Morgan fingerprint density at radius 2 is 2.33 bits per heavy atom. The van der Waals surface area contributed by atoms with Crippen molar-refractivity contribution in [3.05, 3.63) is 24.0 Å². The molecule has 1 aliphatic heterocycles. The van der Waals surface area contributed by atoms with E-state index in [0.29, 0.717) is 0 Å². The van der Waals surface area contributed by atoms with E-state index >= 15 is 0 Å². The summed E-state index contributed by atoms with van der Waals surface area (Å²) >= 11 is 0. The van der Waals surface area contributed by atoms with Crippen LogP contribution in [0.25, 0.3) is 0 Å². The van der Waals surface area contributed by atoms with Crippen LogP contribution < -0.4 is 5.32 Å². The van der Waals surface area contributed by atoms with Crippen LogP contribution in [0.3, 0.4) is 0 Å². The van der Waals surface area contributed by atoms with Crippen LogP contribution in [0, 0.1) is 11.3 Å². The Kier molecular flexibility index (Phi) is 3.38. The molecule has 1 aromatic rings. The highest BCUT2D eigenvalue weighted by molar-refractivity contribution is 5.16. The number of aromatic amines is 1. The number of hydrogen-bond donors (Lipinski definition) is 2. The average molecular weight is 204 g/mol. The first-order valence-corrected chi connectivity index (χ1v) is 5.39. The van der Waals surface area contributed by atoms with Crippen molar-refractivity contribution in [3.63, 3.8) is 0 Å². The summed E-state index contributed by atoms with van der Waals surface area (Å²) in [6, 6.07) is 6.16. The summed E-state index contributed by atoms with van der Waals surface area (Å²) in [6.07, 6.45) is 2.98. The van der Waals surface area contributed by atoms with Gasteiger partial charge in [0.25, 0.3) is 0 Å². The normalized spacial score (nSPS) is 20.5. The first-order valence-electron chi connectivity index (χ1n) is 5.39. The fourth-order valence-corrected chi connectivity index (χ4v) is 1.99. The van der Waals surface area contributed by atoms with Gasteiger partial charge in [0.05, 0.1) is 6.07 Å². The van der Waals surface area contributed by atoms with E-state index in [-0.39, 0.29) is 6.04 Å². The summed E-state index contributed by atoms with van der Waals surface area (Å²) in [5.41, 5.74) is 0.999. The van der Waals surface area contributed by atoms with Crippen LogP contribution in [0.5, 0.6) is 0 Å². The first-order chi connectivity index (χ1) is 7.42. The Morgan fingerprint density at radius 3 is 3.07 bits per heavy atom. The van der Waals surface area contributed by atoms with Crippen molar-refractivity contribution in [2.24, 2.45) is 0 Å². The topological polar surface area (TPSA) is 54.9 Å². The molecule has 1 atom stereocenters. The third-order valence-corrected chi connectivity index (χ3v) is 2.78. The number of rotatable bonds is 2. The third kappa shape index (κ3) is 2.38. The van der Waals surface area contributed by atoms with E-state index in [4.69, 9.17) is 0 Å². The molecule has 0 amide bonds. The lowest BCUT2D eigenvalue weighted by Crippen LogP contribution is -2.31. The minimum Gasteiger partial charge on any atom is -0.363 e. The van der Waals surface area contributed by atoms with E-state index in [1.54, 1.807) is 0 Å². The second kappa shape index (κ2) is 4.96. The van der Waals surface area contributed by atoms with Crippen LogP contribution >= 0.6 is 0 Å². The van der Waals surface area contributed by atoms with E-state index in [2.05, 4.69) is 21.3 Å². The molecule has 2 rings (SSSR count). The molecule has 1 fully saturated rings. The Hall–Kier alpha value is -1.31. The Labute approximate surface area is 89.9 Å². The smallest absolute Gasteiger partial charge is 0.138 e. The van der Waals surface area contributed by atoms with Crippen molar-refractivity contribution >= 4 is 0 Å². The Morgan fingerprint density at radius 1 is 1.40 bits per heavy atom. The molecule has 0 spiro atoms. The zero-order chi connectivity index (χ0) is 10.5. The van der Waals surface area contributed by atoms with Crippen LogP contribution in [0.15, 0.2) is 18.3 Å². The molecule has 0 bridgehead atoms. The molecule has 4 nitrogen and oxygen atoms in total. The van der Waals surface area contributed by atoms with Crippen molar-refractivity contribution in [1.29, 1.82) is 5.26 Å². The molecular weight excluding hydrogens is 188 g/mol.